The van der Waals surface area contributed by atoms with Gasteiger partial charge in [-0.05, 0) is 38.5 Å². The van der Waals surface area contributed by atoms with Crippen molar-refractivity contribution < 1.29 is 14.9 Å². The lowest BCUT2D eigenvalue weighted by molar-refractivity contribution is 0.0632. The standard InChI is InChI=1S/C19H30N2O3/c1-15(2)6-8-21-10-9-20(14-17(21)7-11-22)13-16-12-18(24-3)4-5-19(16)23/h4-6,12,17,22-23H,7-11,13-14H2,1-3H3/t17-/m1/s1. The van der Waals surface area contributed by atoms with E-state index in [1.807, 2.05) is 6.07 Å². The first-order chi connectivity index (χ1) is 11.5. The van der Waals surface area contributed by atoms with Crippen molar-refractivity contribution in [2.45, 2.75) is 32.9 Å². The molecule has 0 saturated carbocycles. The number of phenols is 1. The summed E-state index contributed by atoms with van der Waals surface area (Å²) in [5.74, 6) is 1.07. The molecule has 0 aromatic heterocycles. The van der Waals surface area contributed by atoms with Crippen LogP contribution in [0.1, 0.15) is 25.8 Å². The van der Waals surface area contributed by atoms with Crippen LogP contribution < -0.4 is 4.74 Å². The number of aliphatic hydroxyl groups is 1. The zero-order valence-corrected chi connectivity index (χ0v) is 15.0. The first-order valence-electron chi connectivity index (χ1n) is 8.60. The van der Waals surface area contributed by atoms with E-state index in [2.05, 4.69) is 29.7 Å². The maximum atomic E-state index is 10.1. The molecule has 0 amide bonds. The van der Waals surface area contributed by atoms with Crippen molar-refractivity contribution in [3.05, 3.63) is 35.4 Å². The summed E-state index contributed by atoms with van der Waals surface area (Å²) in [4.78, 5) is 4.78. The van der Waals surface area contributed by atoms with Gasteiger partial charge in [-0.15, -0.1) is 0 Å². The van der Waals surface area contributed by atoms with Gasteiger partial charge < -0.3 is 14.9 Å². The summed E-state index contributed by atoms with van der Waals surface area (Å²) in [7, 11) is 1.63. The second kappa shape index (κ2) is 9.06. The van der Waals surface area contributed by atoms with E-state index >= 15 is 0 Å². The lowest BCUT2D eigenvalue weighted by atomic mass is 10.1. The van der Waals surface area contributed by atoms with Crippen LogP contribution in [0.3, 0.4) is 0 Å². The monoisotopic (exact) mass is 334 g/mol. The number of rotatable bonds is 7. The van der Waals surface area contributed by atoms with Crippen LogP contribution in [0.2, 0.25) is 0 Å². The molecular formula is C19H30N2O3. The number of benzene rings is 1. The van der Waals surface area contributed by atoms with E-state index in [1.165, 1.54) is 5.57 Å². The molecule has 1 aromatic carbocycles. The molecule has 1 aliphatic heterocycles. The van der Waals surface area contributed by atoms with Gasteiger partial charge >= 0.3 is 0 Å². The van der Waals surface area contributed by atoms with Crippen LogP contribution >= 0.6 is 0 Å². The number of hydrogen-bond donors (Lipinski definition) is 2. The summed E-state index contributed by atoms with van der Waals surface area (Å²) in [6.45, 7) is 8.88. The number of hydrogen-bond acceptors (Lipinski definition) is 5. The second-order valence-corrected chi connectivity index (χ2v) is 6.67. The van der Waals surface area contributed by atoms with Crippen LogP contribution in [0.5, 0.6) is 11.5 Å². The van der Waals surface area contributed by atoms with E-state index in [-0.39, 0.29) is 6.61 Å². The molecule has 0 spiro atoms. The number of phenolic OH excluding ortho intramolecular Hbond substituents is 1. The third kappa shape index (κ3) is 5.23. The van der Waals surface area contributed by atoms with Crippen molar-refractivity contribution in [3.63, 3.8) is 0 Å². The normalized spacial score (nSPS) is 19.2. The van der Waals surface area contributed by atoms with Crippen LogP contribution in [-0.4, -0.2) is 66.0 Å². The smallest absolute Gasteiger partial charge is 0.120 e. The third-order valence-corrected chi connectivity index (χ3v) is 4.57. The maximum absolute atomic E-state index is 10.1. The van der Waals surface area contributed by atoms with Gasteiger partial charge in [0, 0.05) is 50.9 Å². The maximum Gasteiger partial charge on any atom is 0.120 e. The van der Waals surface area contributed by atoms with Crippen molar-refractivity contribution in [2.24, 2.45) is 0 Å². The molecule has 0 bridgehead atoms. The highest BCUT2D eigenvalue weighted by molar-refractivity contribution is 5.39. The Hall–Kier alpha value is -1.56. The number of piperazine rings is 1. The summed E-state index contributed by atoms with van der Waals surface area (Å²) in [6, 6.07) is 5.69. The van der Waals surface area contributed by atoms with Gasteiger partial charge in [-0.2, -0.15) is 0 Å². The molecule has 2 N–H and O–H groups in total. The summed E-state index contributed by atoms with van der Waals surface area (Å²) in [5, 5.41) is 19.5. The number of nitrogens with zero attached hydrogens (tertiary/aromatic N) is 2. The van der Waals surface area contributed by atoms with Gasteiger partial charge in [0.1, 0.15) is 11.5 Å². The van der Waals surface area contributed by atoms with Crippen LogP contribution in [0.25, 0.3) is 0 Å². The highest BCUT2D eigenvalue weighted by Gasteiger charge is 2.26. The number of aliphatic hydroxyl groups excluding tert-OH is 1. The molecule has 1 atom stereocenters. The quantitative estimate of drug-likeness (QED) is 0.749. The van der Waals surface area contributed by atoms with Crippen LogP contribution in [0, 0.1) is 0 Å². The summed E-state index contributed by atoms with van der Waals surface area (Å²) in [6.07, 6.45) is 3.02. The Labute approximate surface area is 145 Å². The molecule has 0 radical (unpaired) electrons. The van der Waals surface area contributed by atoms with E-state index in [4.69, 9.17) is 4.74 Å². The van der Waals surface area contributed by atoms with Crippen molar-refractivity contribution in [3.8, 4) is 11.5 Å². The lowest BCUT2D eigenvalue weighted by Crippen LogP contribution is -2.53. The highest BCUT2D eigenvalue weighted by Crippen LogP contribution is 2.25. The lowest BCUT2D eigenvalue weighted by Gasteiger charge is -2.41. The zero-order valence-electron chi connectivity index (χ0n) is 15.0. The Morgan fingerprint density at radius 1 is 1.33 bits per heavy atom. The van der Waals surface area contributed by atoms with Gasteiger partial charge in [0.25, 0.3) is 0 Å². The molecule has 0 unspecified atom stereocenters. The van der Waals surface area contributed by atoms with Crippen molar-refractivity contribution in [2.75, 3.05) is 39.9 Å². The predicted octanol–water partition coefficient (Wildman–Crippen LogP) is 2.24. The number of ether oxygens (including phenoxy) is 1. The van der Waals surface area contributed by atoms with Gasteiger partial charge in [0.05, 0.1) is 7.11 Å². The fraction of sp³-hybridized carbons (Fsp3) is 0.579. The number of aromatic hydroxyl groups is 1. The van der Waals surface area contributed by atoms with Crippen LogP contribution in [0.15, 0.2) is 29.8 Å². The number of methoxy groups -OCH3 is 1. The second-order valence-electron chi connectivity index (χ2n) is 6.67. The molecule has 24 heavy (non-hydrogen) atoms. The molecule has 134 valence electrons. The Bertz CT molecular complexity index is 556. The Morgan fingerprint density at radius 3 is 2.79 bits per heavy atom. The minimum atomic E-state index is 0.203. The fourth-order valence-electron chi connectivity index (χ4n) is 3.12. The molecule has 1 heterocycles. The zero-order chi connectivity index (χ0) is 17.5. The molecule has 5 nitrogen and oxygen atoms in total. The summed E-state index contributed by atoms with van der Waals surface area (Å²) < 4.78 is 5.25. The van der Waals surface area contributed by atoms with Crippen molar-refractivity contribution in [1.29, 1.82) is 0 Å². The molecule has 2 rings (SSSR count). The topological polar surface area (TPSA) is 56.2 Å². The minimum absolute atomic E-state index is 0.203. The largest absolute Gasteiger partial charge is 0.508 e. The number of allylic oxidation sites excluding steroid dienone is 1. The highest BCUT2D eigenvalue weighted by atomic mass is 16.5. The Morgan fingerprint density at radius 2 is 2.12 bits per heavy atom. The summed E-state index contributed by atoms with van der Waals surface area (Å²) >= 11 is 0. The van der Waals surface area contributed by atoms with Gasteiger partial charge in [-0.1, -0.05) is 11.6 Å². The fourth-order valence-corrected chi connectivity index (χ4v) is 3.12. The minimum Gasteiger partial charge on any atom is -0.508 e. The van der Waals surface area contributed by atoms with E-state index in [0.717, 1.165) is 43.9 Å². The van der Waals surface area contributed by atoms with Crippen molar-refractivity contribution >= 4 is 0 Å². The van der Waals surface area contributed by atoms with Crippen LogP contribution in [0.4, 0.5) is 0 Å². The first-order valence-corrected chi connectivity index (χ1v) is 8.60. The third-order valence-electron chi connectivity index (χ3n) is 4.57. The molecule has 1 aliphatic rings. The van der Waals surface area contributed by atoms with Crippen LogP contribution in [-0.2, 0) is 6.54 Å². The van der Waals surface area contributed by atoms with E-state index in [9.17, 15) is 10.2 Å². The van der Waals surface area contributed by atoms with E-state index in [1.54, 1.807) is 19.2 Å². The van der Waals surface area contributed by atoms with E-state index < -0.39 is 0 Å². The predicted molar refractivity (Wildman–Crippen MR) is 96.4 cm³/mol. The first kappa shape index (κ1) is 18.8. The Balaban J connectivity index is 2.02. The molecule has 0 aliphatic carbocycles. The SMILES string of the molecule is COc1ccc(O)c(CN2CCN(CC=C(C)C)[C@H](CCO)C2)c1. The molecule has 1 saturated heterocycles. The van der Waals surface area contributed by atoms with Gasteiger partial charge in [-0.25, -0.2) is 0 Å². The summed E-state index contributed by atoms with van der Waals surface area (Å²) in [5.41, 5.74) is 2.20. The molecular weight excluding hydrogens is 304 g/mol. The van der Waals surface area contributed by atoms with E-state index in [0.29, 0.717) is 18.3 Å². The molecule has 1 aromatic rings. The average molecular weight is 334 g/mol. The molecule has 1 fully saturated rings. The van der Waals surface area contributed by atoms with Gasteiger partial charge in [0.2, 0.25) is 0 Å². The van der Waals surface area contributed by atoms with Gasteiger partial charge in [0.15, 0.2) is 0 Å². The Kier molecular flexibility index (Phi) is 7.09. The molecule has 5 heteroatoms. The van der Waals surface area contributed by atoms with Crippen molar-refractivity contribution in [1.82, 2.24) is 9.80 Å². The average Bonchev–Trinajstić information content (AvgIpc) is 2.56. The van der Waals surface area contributed by atoms with Gasteiger partial charge in [-0.3, -0.25) is 9.80 Å².